The second-order valence-electron chi connectivity index (χ2n) is 6.71. The van der Waals surface area contributed by atoms with E-state index in [2.05, 4.69) is 15.5 Å². The van der Waals surface area contributed by atoms with Crippen molar-refractivity contribution >= 4 is 23.5 Å². The van der Waals surface area contributed by atoms with Gasteiger partial charge in [0.05, 0.1) is 0 Å². The lowest BCUT2D eigenvalue weighted by atomic mass is 10.2. The number of piperazine rings is 1. The number of ether oxygens (including phenoxy) is 1. The number of hydrogen-bond donors (Lipinski definition) is 2. The Bertz CT molecular complexity index is 590. The molecule has 0 radical (unpaired) electrons. The van der Waals surface area contributed by atoms with Crippen LogP contribution in [0.2, 0.25) is 0 Å². The highest BCUT2D eigenvalue weighted by molar-refractivity contribution is 5.89. The normalized spacial score (nSPS) is 15.0. The van der Waals surface area contributed by atoms with E-state index < -0.39 is 5.60 Å². The molecule has 1 fully saturated rings. The first-order valence-electron chi connectivity index (χ1n) is 8.10. The number of carbonyl (C=O) groups excluding carboxylic acids is 2. The van der Waals surface area contributed by atoms with Crippen LogP contribution in [-0.2, 0) is 4.74 Å². The highest BCUT2D eigenvalue weighted by Crippen LogP contribution is 2.21. The number of nitrogens with zero attached hydrogens (tertiary/aromatic N) is 2. The van der Waals surface area contributed by atoms with Crippen molar-refractivity contribution in [2.24, 2.45) is 0 Å². The SMILES string of the molecule is CNC(=O)Nc1cccc(N2CCN(C(=O)OC(C)(C)C)CC2)c1. The topological polar surface area (TPSA) is 73.9 Å². The minimum atomic E-state index is -0.478. The molecule has 0 saturated carbocycles. The van der Waals surface area contributed by atoms with E-state index in [1.807, 2.05) is 45.0 Å². The number of nitrogens with one attached hydrogen (secondary N) is 2. The van der Waals surface area contributed by atoms with Gasteiger partial charge in [0.25, 0.3) is 0 Å². The van der Waals surface area contributed by atoms with Crippen molar-refractivity contribution in [3.8, 4) is 0 Å². The van der Waals surface area contributed by atoms with E-state index in [4.69, 9.17) is 4.74 Å². The van der Waals surface area contributed by atoms with E-state index >= 15 is 0 Å². The molecular formula is C17H26N4O3. The maximum absolute atomic E-state index is 12.1. The van der Waals surface area contributed by atoms with Crippen molar-refractivity contribution in [1.29, 1.82) is 0 Å². The molecule has 0 atom stereocenters. The summed E-state index contributed by atoms with van der Waals surface area (Å²) in [7, 11) is 1.58. The summed E-state index contributed by atoms with van der Waals surface area (Å²) >= 11 is 0. The zero-order valence-electron chi connectivity index (χ0n) is 14.8. The van der Waals surface area contributed by atoms with Crippen LogP contribution in [0.15, 0.2) is 24.3 Å². The molecule has 0 bridgehead atoms. The molecule has 3 amide bonds. The number of urea groups is 1. The fourth-order valence-corrected chi connectivity index (χ4v) is 2.45. The molecule has 1 saturated heterocycles. The number of rotatable bonds is 2. The third-order valence-corrected chi connectivity index (χ3v) is 3.63. The molecule has 132 valence electrons. The first-order chi connectivity index (χ1) is 11.3. The number of benzene rings is 1. The van der Waals surface area contributed by atoms with E-state index in [-0.39, 0.29) is 12.1 Å². The van der Waals surface area contributed by atoms with Crippen molar-refractivity contribution in [2.75, 3.05) is 43.4 Å². The third-order valence-electron chi connectivity index (χ3n) is 3.63. The molecule has 0 aliphatic carbocycles. The Balaban J connectivity index is 1.93. The van der Waals surface area contributed by atoms with Gasteiger partial charge in [0.2, 0.25) is 0 Å². The van der Waals surface area contributed by atoms with Crippen LogP contribution < -0.4 is 15.5 Å². The van der Waals surface area contributed by atoms with E-state index in [1.54, 1.807) is 11.9 Å². The number of anilines is 2. The van der Waals surface area contributed by atoms with Gasteiger partial charge in [-0.1, -0.05) is 6.07 Å². The fourth-order valence-electron chi connectivity index (χ4n) is 2.45. The average molecular weight is 334 g/mol. The maximum atomic E-state index is 12.1. The van der Waals surface area contributed by atoms with Gasteiger partial charge in [0, 0.05) is 44.6 Å². The first kappa shape index (κ1) is 17.9. The second-order valence-corrected chi connectivity index (χ2v) is 6.71. The van der Waals surface area contributed by atoms with Crippen LogP contribution in [0, 0.1) is 0 Å². The zero-order valence-corrected chi connectivity index (χ0v) is 14.8. The minimum absolute atomic E-state index is 0.248. The molecule has 1 heterocycles. The second kappa shape index (κ2) is 7.42. The fraction of sp³-hybridized carbons (Fsp3) is 0.529. The van der Waals surface area contributed by atoms with Crippen LogP contribution in [0.4, 0.5) is 21.0 Å². The predicted octanol–water partition coefficient (Wildman–Crippen LogP) is 2.50. The monoisotopic (exact) mass is 334 g/mol. The Morgan fingerprint density at radius 1 is 1.12 bits per heavy atom. The average Bonchev–Trinajstić information content (AvgIpc) is 2.53. The van der Waals surface area contributed by atoms with Crippen molar-refractivity contribution in [1.82, 2.24) is 10.2 Å². The van der Waals surface area contributed by atoms with E-state index in [1.165, 1.54) is 0 Å². The third kappa shape index (κ3) is 5.04. The molecule has 0 spiro atoms. The molecule has 7 heteroatoms. The Hall–Kier alpha value is -2.44. The van der Waals surface area contributed by atoms with Gasteiger partial charge >= 0.3 is 12.1 Å². The molecule has 0 unspecified atom stereocenters. The Kier molecular flexibility index (Phi) is 5.54. The minimum Gasteiger partial charge on any atom is -0.444 e. The molecule has 1 aliphatic heterocycles. The number of amides is 3. The van der Waals surface area contributed by atoms with Gasteiger partial charge in [-0.05, 0) is 39.0 Å². The van der Waals surface area contributed by atoms with Gasteiger partial charge in [0.1, 0.15) is 5.60 Å². The van der Waals surface area contributed by atoms with Crippen molar-refractivity contribution in [3.63, 3.8) is 0 Å². The van der Waals surface area contributed by atoms with Gasteiger partial charge in [0.15, 0.2) is 0 Å². The highest BCUT2D eigenvalue weighted by atomic mass is 16.6. The maximum Gasteiger partial charge on any atom is 0.410 e. The standard InChI is InChI=1S/C17H26N4O3/c1-17(2,3)24-16(23)21-10-8-20(9-11-21)14-7-5-6-13(12-14)19-15(22)18-4/h5-7,12H,8-11H2,1-4H3,(H2,18,19,22). The van der Waals surface area contributed by atoms with Crippen LogP contribution in [0.1, 0.15) is 20.8 Å². The van der Waals surface area contributed by atoms with Crippen LogP contribution in [0.25, 0.3) is 0 Å². The van der Waals surface area contributed by atoms with Crippen molar-refractivity contribution in [2.45, 2.75) is 26.4 Å². The van der Waals surface area contributed by atoms with Crippen molar-refractivity contribution in [3.05, 3.63) is 24.3 Å². The molecule has 7 nitrogen and oxygen atoms in total. The quantitative estimate of drug-likeness (QED) is 0.871. The molecule has 0 aromatic heterocycles. The van der Waals surface area contributed by atoms with Gasteiger partial charge in [-0.15, -0.1) is 0 Å². The smallest absolute Gasteiger partial charge is 0.410 e. The summed E-state index contributed by atoms with van der Waals surface area (Å²) in [5, 5.41) is 5.29. The summed E-state index contributed by atoms with van der Waals surface area (Å²) in [6.07, 6.45) is -0.266. The largest absolute Gasteiger partial charge is 0.444 e. The van der Waals surface area contributed by atoms with E-state index in [0.717, 1.165) is 24.5 Å². The molecule has 2 N–H and O–H groups in total. The molecule has 1 aromatic rings. The summed E-state index contributed by atoms with van der Waals surface area (Å²) in [6, 6.07) is 7.43. The Morgan fingerprint density at radius 2 is 1.79 bits per heavy atom. The van der Waals surface area contributed by atoms with Crippen molar-refractivity contribution < 1.29 is 14.3 Å². The van der Waals surface area contributed by atoms with Crippen LogP contribution in [0.5, 0.6) is 0 Å². The van der Waals surface area contributed by atoms with Crippen LogP contribution in [0.3, 0.4) is 0 Å². The summed E-state index contributed by atoms with van der Waals surface area (Å²) in [6.45, 7) is 8.28. The summed E-state index contributed by atoms with van der Waals surface area (Å²) in [4.78, 5) is 27.4. The summed E-state index contributed by atoms with van der Waals surface area (Å²) in [5.74, 6) is 0. The Morgan fingerprint density at radius 3 is 2.38 bits per heavy atom. The lowest BCUT2D eigenvalue weighted by molar-refractivity contribution is 0.0240. The van der Waals surface area contributed by atoms with E-state index in [0.29, 0.717) is 13.1 Å². The molecular weight excluding hydrogens is 308 g/mol. The lowest BCUT2D eigenvalue weighted by Crippen LogP contribution is -2.50. The first-order valence-corrected chi connectivity index (χ1v) is 8.10. The summed E-state index contributed by atoms with van der Waals surface area (Å²) < 4.78 is 5.41. The van der Waals surface area contributed by atoms with Gasteiger partial charge in [-0.3, -0.25) is 0 Å². The molecule has 1 aromatic carbocycles. The predicted molar refractivity (Wildman–Crippen MR) is 94.5 cm³/mol. The van der Waals surface area contributed by atoms with Gasteiger partial charge < -0.3 is 25.2 Å². The number of hydrogen-bond acceptors (Lipinski definition) is 4. The molecule has 1 aliphatic rings. The van der Waals surface area contributed by atoms with Crippen LogP contribution in [-0.4, -0.2) is 55.9 Å². The molecule has 2 rings (SSSR count). The summed E-state index contributed by atoms with van der Waals surface area (Å²) in [5.41, 5.74) is 1.28. The number of carbonyl (C=O) groups is 2. The van der Waals surface area contributed by atoms with Gasteiger partial charge in [-0.25, -0.2) is 9.59 Å². The van der Waals surface area contributed by atoms with Crippen LogP contribution >= 0.6 is 0 Å². The van der Waals surface area contributed by atoms with E-state index in [9.17, 15) is 9.59 Å². The lowest BCUT2D eigenvalue weighted by Gasteiger charge is -2.36. The molecule has 24 heavy (non-hydrogen) atoms. The Labute approximate surface area is 142 Å². The highest BCUT2D eigenvalue weighted by Gasteiger charge is 2.25. The zero-order chi connectivity index (χ0) is 17.7. The van der Waals surface area contributed by atoms with Gasteiger partial charge in [-0.2, -0.15) is 0 Å².